The zero-order valence-electron chi connectivity index (χ0n) is 16.4. The van der Waals surface area contributed by atoms with Crippen LogP contribution < -0.4 is 5.32 Å². The first-order valence-electron chi connectivity index (χ1n) is 8.82. The molecule has 0 aromatic carbocycles. The molecule has 0 fully saturated rings. The largest absolute Gasteiger partial charge is 0.464 e. The average molecular weight is 370 g/mol. The summed E-state index contributed by atoms with van der Waals surface area (Å²) in [6.07, 6.45) is 6.89. The van der Waals surface area contributed by atoms with Gasteiger partial charge in [0.1, 0.15) is 11.7 Å². The molecule has 1 amide bonds. The van der Waals surface area contributed by atoms with E-state index in [0.29, 0.717) is 11.4 Å². The Morgan fingerprint density at radius 3 is 2.70 bits per heavy atom. The number of carbonyl (C=O) groups is 2. The maximum Gasteiger partial charge on any atom is 0.332 e. The van der Waals surface area contributed by atoms with Crippen molar-refractivity contribution in [3.63, 3.8) is 0 Å². The van der Waals surface area contributed by atoms with E-state index >= 15 is 0 Å². The van der Waals surface area contributed by atoms with E-state index in [0.717, 1.165) is 5.56 Å². The van der Waals surface area contributed by atoms with Gasteiger partial charge >= 0.3 is 5.97 Å². The maximum atomic E-state index is 12.7. The van der Waals surface area contributed by atoms with Crippen molar-refractivity contribution in [2.75, 3.05) is 6.61 Å². The van der Waals surface area contributed by atoms with Gasteiger partial charge in [0, 0.05) is 25.0 Å². The first-order chi connectivity index (χ1) is 12.7. The third-order valence-electron chi connectivity index (χ3n) is 3.69. The Morgan fingerprint density at radius 1 is 1.37 bits per heavy atom. The molecule has 144 valence electrons. The second kappa shape index (κ2) is 8.62. The van der Waals surface area contributed by atoms with Gasteiger partial charge in [-0.3, -0.25) is 14.5 Å². The highest BCUT2D eigenvalue weighted by Crippen LogP contribution is 2.18. The van der Waals surface area contributed by atoms with E-state index in [1.807, 2.05) is 32.9 Å². The lowest BCUT2D eigenvalue weighted by Crippen LogP contribution is -2.41. The molecule has 0 aliphatic carbocycles. The minimum atomic E-state index is -0.867. The van der Waals surface area contributed by atoms with Crippen molar-refractivity contribution in [3.8, 4) is 11.3 Å². The smallest absolute Gasteiger partial charge is 0.332 e. The summed E-state index contributed by atoms with van der Waals surface area (Å²) in [4.78, 5) is 29.0. The molecule has 7 heteroatoms. The molecule has 0 radical (unpaired) electrons. The highest BCUT2D eigenvalue weighted by molar-refractivity contribution is 5.96. The van der Waals surface area contributed by atoms with Crippen molar-refractivity contribution in [1.82, 2.24) is 20.1 Å². The van der Waals surface area contributed by atoms with E-state index in [9.17, 15) is 9.59 Å². The number of hydrogen-bond donors (Lipinski definition) is 1. The number of hydrogen-bond acceptors (Lipinski definition) is 5. The summed E-state index contributed by atoms with van der Waals surface area (Å²) in [5.41, 5.74) is 1.65. The molecule has 0 saturated carbocycles. The van der Waals surface area contributed by atoms with Gasteiger partial charge in [-0.25, -0.2) is 4.79 Å². The molecule has 0 aliphatic rings. The summed E-state index contributed by atoms with van der Waals surface area (Å²) in [5, 5.41) is 7.08. The summed E-state index contributed by atoms with van der Waals surface area (Å²) in [6, 6.07) is 4.47. The highest BCUT2D eigenvalue weighted by atomic mass is 16.5. The van der Waals surface area contributed by atoms with Gasteiger partial charge in [0.15, 0.2) is 0 Å². The Morgan fingerprint density at radius 2 is 2.11 bits per heavy atom. The van der Waals surface area contributed by atoms with E-state index < -0.39 is 17.9 Å². The zero-order valence-corrected chi connectivity index (χ0v) is 16.4. The topological polar surface area (TPSA) is 86.1 Å². The van der Waals surface area contributed by atoms with Crippen molar-refractivity contribution in [1.29, 1.82) is 0 Å². The minimum absolute atomic E-state index is 0.129. The van der Waals surface area contributed by atoms with Gasteiger partial charge in [-0.15, -0.1) is 0 Å². The molecule has 1 N–H and O–H groups in total. The molecule has 1 unspecified atom stereocenters. The van der Waals surface area contributed by atoms with Crippen LogP contribution in [0.2, 0.25) is 0 Å². The van der Waals surface area contributed by atoms with Gasteiger partial charge in [-0.1, -0.05) is 32.9 Å². The quantitative estimate of drug-likeness (QED) is 0.624. The number of esters is 1. The van der Waals surface area contributed by atoms with Crippen LogP contribution in [0.3, 0.4) is 0 Å². The maximum absolute atomic E-state index is 12.7. The van der Waals surface area contributed by atoms with E-state index in [4.69, 9.17) is 4.74 Å². The number of aryl methyl sites for hydroxylation is 1. The molecule has 0 aliphatic heterocycles. The second-order valence-corrected chi connectivity index (χ2v) is 7.21. The Labute approximate surface area is 159 Å². The van der Waals surface area contributed by atoms with Gasteiger partial charge in [0.25, 0.3) is 5.91 Å². The molecule has 2 heterocycles. The molecule has 0 saturated heterocycles. The number of amides is 1. The average Bonchev–Trinajstić information content (AvgIpc) is 3.00. The van der Waals surface area contributed by atoms with Gasteiger partial charge < -0.3 is 10.1 Å². The molecule has 1 atom stereocenters. The summed E-state index contributed by atoms with van der Waals surface area (Å²) in [5.74, 6) is -0.905. The lowest BCUT2D eigenvalue weighted by Gasteiger charge is -2.17. The number of nitrogens with one attached hydrogen (secondary N) is 1. The predicted molar refractivity (Wildman–Crippen MR) is 103 cm³/mol. The van der Waals surface area contributed by atoms with E-state index in [1.54, 1.807) is 44.6 Å². The molecule has 27 heavy (non-hydrogen) atoms. The monoisotopic (exact) mass is 370 g/mol. The van der Waals surface area contributed by atoms with Crippen molar-refractivity contribution in [2.45, 2.75) is 33.7 Å². The number of rotatable bonds is 6. The van der Waals surface area contributed by atoms with Crippen LogP contribution >= 0.6 is 0 Å². The van der Waals surface area contributed by atoms with Crippen LogP contribution in [0.25, 0.3) is 11.3 Å². The Hall–Kier alpha value is -2.96. The Balaban J connectivity index is 2.23. The number of pyridine rings is 1. The van der Waals surface area contributed by atoms with Crippen LogP contribution in [0.5, 0.6) is 0 Å². The summed E-state index contributed by atoms with van der Waals surface area (Å²) in [6.45, 7) is 8.00. The number of carbonyl (C=O) groups excluding carboxylic acids is 2. The zero-order chi connectivity index (χ0) is 20.0. The predicted octanol–water partition coefficient (Wildman–Crippen LogP) is 2.75. The molecule has 0 spiro atoms. The normalized spacial score (nSPS) is 12.8. The Kier molecular flexibility index (Phi) is 6.50. The van der Waals surface area contributed by atoms with Crippen LogP contribution in [0.1, 0.15) is 38.2 Å². The molecule has 2 rings (SSSR count). The van der Waals surface area contributed by atoms with Crippen molar-refractivity contribution in [2.24, 2.45) is 12.5 Å². The van der Waals surface area contributed by atoms with Gasteiger partial charge in [0.2, 0.25) is 0 Å². The lowest BCUT2D eigenvalue weighted by atomic mass is 9.95. The van der Waals surface area contributed by atoms with Crippen LogP contribution in [0.15, 0.2) is 42.7 Å². The highest BCUT2D eigenvalue weighted by Gasteiger charge is 2.23. The number of ether oxygens (including phenoxy) is 1. The molecule has 7 nitrogen and oxygen atoms in total. The van der Waals surface area contributed by atoms with Crippen molar-refractivity contribution >= 4 is 11.9 Å². The van der Waals surface area contributed by atoms with Crippen molar-refractivity contribution < 1.29 is 14.3 Å². The molecule has 2 aromatic heterocycles. The molecule has 2 aromatic rings. The standard InChI is InChI=1S/C20H26N4O3/c1-6-27-19(26)15(9-10-20(2,3)4)22-18(25)17-12-16(23-24(17)5)14-8-7-11-21-13-14/h7-13,15H,6H2,1-5H3,(H,22,25). The van der Waals surface area contributed by atoms with Gasteiger partial charge in [-0.05, 0) is 30.5 Å². The SMILES string of the molecule is CCOC(=O)C(C=CC(C)(C)C)NC(=O)c1cc(-c2cccnc2)nn1C. The molecular weight excluding hydrogens is 344 g/mol. The molecular formula is C20H26N4O3. The van der Waals surface area contributed by atoms with Crippen LogP contribution in [-0.4, -0.2) is 39.3 Å². The third kappa shape index (κ3) is 5.77. The second-order valence-electron chi connectivity index (χ2n) is 7.21. The number of nitrogens with zero attached hydrogens (tertiary/aromatic N) is 3. The van der Waals surface area contributed by atoms with Gasteiger partial charge in [-0.2, -0.15) is 5.10 Å². The summed E-state index contributed by atoms with van der Waals surface area (Å²) < 4.78 is 6.55. The third-order valence-corrected chi connectivity index (χ3v) is 3.69. The minimum Gasteiger partial charge on any atom is -0.464 e. The first kappa shape index (κ1) is 20.4. The molecule has 0 bridgehead atoms. The fraction of sp³-hybridized carbons (Fsp3) is 0.400. The summed E-state index contributed by atoms with van der Waals surface area (Å²) in [7, 11) is 1.68. The number of aromatic nitrogens is 3. The van der Waals surface area contributed by atoms with Crippen molar-refractivity contribution in [3.05, 3.63) is 48.4 Å². The van der Waals surface area contributed by atoms with E-state index in [-0.39, 0.29) is 12.0 Å². The van der Waals surface area contributed by atoms with E-state index in [2.05, 4.69) is 15.4 Å². The fourth-order valence-corrected chi connectivity index (χ4v) is 2.35. The lowest BCUT2D eigenvalue weighted by molar-refractivity contribution is -0.144. The van der Waals surface area contributed by atoms with Gasteiger partial charge in [0.05, 0.1) is 12.3 Å². The summed E-state index contributed by atoms with van der Waals surface area (Å²) >= 11 is 0. The van der Waals surface area contributed by atoms with Crippen LogP contribution in [0, 0.1) is 5.41 Å². The van der Waals surface area contributed by atoms with E-state index in [1.165, 1.54) is 4.68 Å². The fourth-order valence-electron chi connectivity index (χ4n) is 2.35. The first-order valence-corrected chi connectivity index (χ1v) is 8.82. The van der Waals surface area contributed by atoms with Crippen LogP contribution in [-0.2, 0) is 16.6 Å². The van der Waals surface area contributed by atoms with Crippen LogP contribution in [0.4, 0.5) is 0 Å². The Bertz CT molecular complexity index is 819. The number of allylic oxidation sites excluding steroid dienone is 1.